The highest BCUT2D eigenvalue weighted by molar-refractivity contribution is 8.09. The van der Waals surface area contributed by atoms with Crippen molar-refractivity contribution in [1.29, 1.82) is 0 Å². The molecule has 3 aromatic carbocycles. The Hall–Kier alpha value is -3.45. The Labute approximate surface area is 215 Å². The molecule has 182 valence electrons. The third-order valence-electron chi connectivity index (χ3n) is 6.50. The first-order valence-electron chi connectivity index (χ1n) is 12.2. The van der Waals surface area contributed by atoms with Crippen molar-refractivity contribution in [3.63, 3.8) is 0 Å². The highest BCUT2D eigenvalue weighted by Crippen LogP contribution is 2.39. The van der Waals surface area contributed by atoms with Crippen LogP contribution in [0.2, 0.25) is 0 Å². The fourth-order valence-electron chi connectivity index (χ4n) is 4.64. The van der Waals surface area contributed by atoms with Crippen LogP contribution in [-0.2, 0) is 24.3 Å². The van der Waals surface area contributed by atoms with E-state index in [1.54, 1.807) is 5.48 Å². The van der Waals surface area contributed by atoms with Gasteiger partial charge in [0.15, 0.2) is 0 Å². The van der Waals surface area contributed by atoms with Crippen LogP contribution in [0.25, 0.3) is 15.8 Å². The van der Waals surface area contributed by atoms with E-state index in [-0.39, 0.29) is 11.2 Å². The van der Waals surface area contributed by atoms with Crippen LogP contribution >= 0.6 is 11.8 Å². The lowest BCUT2D eigenvalue weighted by Gasteiger charge is -2.24. The molecule has 0 fully saturated rings. The molecule has 0 spiro atoms. The monoisotopic (exact) mass is 495 g/mol. The summed E-state index contributed by atoms with van der Waals surface area (Å²) < 4.78 is 0. The molecule has 36 heavy (non-hydrogen) atoms. The maximum Gasteiger partial charge on any atom is 0.257 e. The maximum atomic E-state index is 11.8. The summed E-state index contributed by atoms with van der Waals surface area (Å²) in [7, 11) is 0. The fraction of sp³-hybridized carbons (Fsp3) is 0.200. The maximum absolute atomic E-state index is 11.8. The minimum atomic E-state index is -0.348. The van der Waals surface area contributed by atoms with E-state index in [1.165, 1.54) is 33.8 Å². The van der Waals surface area contributed by atoms with Gasteiger partial charge in [-0.1, -0.05) is 72.8 Å². The van der Waals surface area contributed by atoms with Crippen molar-refractivity contribution in [2.75, 3.05) is 6.54 Å². The van der Waals surface area contributed by atoms with Crippen LogP contribution in [0.3, 0.4) is 0 Å². The summed E-state index contributed by atoms with van der Waals surface area (Å²) in [6, 6.07) is 29.6. The molecule has 1 aliphatic heterocycles. The van der Waals surface area contributed by atoms with E-state index in [0.29, 0.717) is 6.42 Å². The molecule has 6 heteroatoms. The second-order valence-corrected chi connectivity index (χ2v) is 10.3. The number of amides is 1. The van der Waals surface area contributed by atoms with Gasteiger partial charge in [0, 0.05) is 36.1 Å². The smallest absolute Gasteiger partial charge is 0.257 e. The normalized spacial score (nSPS) is 15.3. The third-order valence-corrected chi connectivity index (χ3v) is 7.85. The first kappa shape index (κ1) is 24.3. The van der Waals surface area contributed by atoms with Crippen molar-refractivity contribution in [3.05, 3.63) is 119 Å². The van der Waals surface area contributed by atoms with Crippen LogP contribution in [0.5, 0.6) is 0 Å². The van der Waals surface area contributed by atoms with Crippen LogP contribution in [-0.4, -0.2) is 32.8 Å². The minimum Gasteiger partial charge on any atom is -0.294 e. The standard InChI is InChI=1S/C30H29N3O2S/c34-30(32-35)29-14-13-28(36-29)24-10-6-9-23(19-24)20-33(18-16-22-7-2-1-3-8-22)21-25-15-17-31-27-12-5-4-11-26(25)27/h1-13,15,17,19,29,35H,14,16,18,20-21H2,(H,32,34). The second kappa shape index (κ2) is 11.5. The molecule has 0 saturated heterocycles. The van der Waals surface area contributed by atoms with Gasteiger partial charge in [-0.2, -0.15) is 0 Å². The number of carbonyl (C=O) groups is 1. The Balaban J connectivity index is 1.36. The zero-order valence-corrected chi connectivity index (χ0v) is 20.8. The highest BCUT2D eigenvalue weighted by atomic mass is 32.2. The van der Waals surface area contributed by atoms with E-state index in [9.17, 15) is 4.79 Å². The van der Waals surface area contributed by atoms with E-state index in [4.69, 9.17) is 5.21 Å². The van der Waals surface area contributed by atoms with Gasteiger partial charge in [0.1, 0.15) is 0 Å². The summed E-state index contributed by atoms with van der Waals surface area (Å²) in [4.78, 5) is 19.9. The van der Waals surface area contributed by atoms with Gasteiger partial charge in [-0.25, -0.2) is 5.48 Å². The summed E-state index contributed by atoms with van der Waals surface area (Å²) in [6.45, 7) is 2.58. The van der Waals surface area contributed by atoms with Crippen LogP contribution < -0.4 is 5.48 Å². The molecular formula is C30H29N3O2S. The lowest BCUT2D eigenvalue weighted by Crippen LogP contribution is -2.28. The Morgan fingerprint density at radius 1 is 0.972 bits per heavy atom. The number of hydrogen-bond acceptors (Lipinski definition) is 5. The van der Waals surface area contributed by atoms with Gasteiger partial charge in [-0.3, -0.25) is 19.9 Å². The van der Waals surface area contributed by atoms with Gasteiger partial charge in [0.2, 0.25) is 0 Å². The highest BCUT2D eigenvalue weighted by Gasteiger charge is 2.25. The van der Waals surface area contributed by atoms with Crippen molar-refractivity contribution < 1.29 is 10.0 Å². The average molecular weight is 496 g/mol. The van der Waals surface area contributed by atoms with E-state index in [0.717, 1.165) is 42.0 Å². The number of thioether (sulfide) groups is 1. The van der Waals surface area contributed by atoms with Crippen molar-refractivity contribution in [3.8, 4) is 0 Å². The number of benzene rings is 3. The molecule has 1 atom stereocenters. The summed E-state index contributed by atoms with van der Waals surface area (Å²) in [5.41, 5.74) is 7.75. The predicted molar refractivity (Wildman–Crippen MR) is 146 cm³/mol. The molecule has 0 radical (unpaired) electrons. The van der Waals surface area contributed by atoms with Crippen LogP contribution in [0.4, 0.5) is 0 Å². The number of allylic oxidation sites excluding steroid dienone is 1. The topological polar surface area (TPSA) is 65.5 Å². The molecule has 1 aliphatic rings. The zero-order valence-electron chi connectivity index (χ0n) is 20.0. The number of carbonyl (C=O) groups excluding carboxylic acids is 1. The molecule has 1 aromatic heterocycles. The zero-order chi connectivity index (χ0) is 24.7. The number of nitrogens with one attached hydrogen (secondary N) is 1. The summed E-state index contributed by atoms with van der Waals surface area (Å²) >= 11 is 1.50. The Morgan fingerprint density at radius 2 is 1.78 bits per heavy atom. The molecule has 0 saturated carbocycles. The van der Waals surface area contributed by atoms with Gasteiger partial charge in [0.05, 0.1) is 10.8 Å². The van der Waals surface area contributed by atoms with Gasteiger partial charge < -0.3 is 0 Å². The van der Waals surface area contributed by atoms with Crippen molar-refractivity contribution in [2.45, 2.75) is 31.2 Å². The molecule has 0 bridgehead atoms. The SMILES string of the molecule is O=C(NO)C1CC=C(c2cccc(CN(CCc3ccccc3)Cc3ccnc4ccccc34)c2)S1. The number of hydroxylamine groups is 1. The number of rotatable bonds is 9. The van der Waals surface area contributed by atoms with E-state index in [1.807, 2.05) is 12.3 Å². The number of nitrogens with zero attached hydrogens (tertiary/aromatic N) is 2. The van der Waals surface area contributed by atoms with Gasteiger partial charge >= 0.3 is 0 Å². The number of pyridine rings is 1. The molecular weight excluding hydrogens is 466 g/mol. The lowest BCUT2D eigenvalue weighted by molar-refractivity contribution is -0.128. The molecule has 1 unspecified atom stereocenters. The fourth-order valence-corrected chi connectivity index (χ4v) is 5.76. The van der Waals surface area contributed by atoms with E-state index >= 15 is 0 Å². The molecule has 1 amide bonds. The van der Waals surface area contributed by atoms with Gasteiger partial charge in [0.25, 0.3) is 5.91 Å². The first-order chi connectivity index (χ1) is 17.7. The first-order valence-corrected chi connectivity index (χ1v) is 13.1. The third kappa shape index (κ3) is 5.85. The summed E-state index contributed by atoms with van der Waals surface area (Å²) in [5.74, 6) is -0.348. The Morgan fingerprint density at radius 3 is 2.64 bits per heavy atom. The number of hydrogen-bond donors (Lipinski definition) is 2. The molecule has 2 N–H and O–H groups in total. The summed E-state index contributed by atoms with van der Waals surface area (Å²) in [6.07, 6.45) is 5.58. The van der Waals surface area contributed by atoms with E-state index in [2.05, 4.69) is 94.8 Å². The molecule has 5 rings (SSSR count). The predicted octanol–water partition coefficient (Wildman–Crippen LogP) is 5.83. The number of aromatic nitrogens is 1. The molecule has 0 aliphatic carbocycles. The van der Waals surface area contributed by atoms with Gasteiger partial charge in [-0.05, 0) is 53.3 Å². The molecule has 5 nitrogen and oxygen atoms in total. The largest absolute Gasteiger partial charge is 0.294 e. The van der Waals surface area contributed by atoms with Crippen molar-refractivity contribution >= 4 is 33.5 Å². The van der Waals surface area contributed by atoms with Crippen molar-refractivity contribution in [1.82, 2.24) is 15.4 Å². The quantitative estimate of drug-likeness (QED) is 0.226. The number of fused-ring (bicyclic) bond motifs is 1. The Bertz CT molecular complexity index is 1370. The van der Waals surface area contributed by atoms with Crippen LogP contribution in [0, 0.1) is 0 Å². The van der Waals surface area contributed by atoms with Gasteiger partial charge in [-0.15, -0.1) is 11.8 Å². The minimum absolute atomic E-state index is 0.281. The van der Waals surface area contributed by atoms with Crippen molar-refractivity contribution in [2.24, 2.45) is 0 Å². The molecule has 4 aromatic rings. The van der Waals surface area contributed by atoms with Crippen LogP contribution in [0.1, 0.15) is 28.7 Å². The number of para-hydroxylation sites is 1. The van der Waals surface area contributed by atoms with Crippen LogP contribution in [0.15, 0.2) is 97.2 Å². The molecule has 2 heterocycles. The lowest BCUT2D eigenvalue weighted by atomic mass is 10.1. The summed E-state index contributed by atoms with van der Waals surface area (Å²) in [5, 5.41) is 9.88. The Kier molecular flexibility index (Phi) is 7.76. The van der Waals surface area contributed by atoms with E-state index < -0.39 is 0 Å². The average Bonchev–Trinajstić information content (AvgIpc) is 3.43. The second-order valence-electron chi connectivity index (χ2n) is 9.02.